The van der Waals surface area contributed by atoms with Gasteiger partial charge in [0.1, 0.15) is 12.1 Å². The fourth-order valence-electron chi connectivity index (χ4n) is 3.91. The minimum absolute atomic E-state index is 0. The van der Waals surface area contributed by atoms with Gasteiger partial charge in [-0.3, -0.25) is 14.5 Å². The van der Waals surface area contributed by atoms with E-state index in [4.69, 9.17) is 0 Å². The lowest BCUT2D eigenvalue weighted by atomic mass is 9.91. The van der Waals surface area contributed by atoms with Gasteiger partial charge in [0, 0.05) is 13.1 Å². The van der Waals surface area contributed by atoms with E-state index >= 15 is 0 Å². The SMILES string of the molecule is CNCC1CCCN(C(=O)CN2C(=O)NC(C)(c3ccc(C)cc3)C2=O)C1.Cl. The number of hydrogen-bond donors (Lipinski definition) is 2. The Hall–Kier alpha value is -2.12. The van der Waals surface area contributed by atoms with Crippen LogP contribution in [0.4, 0.5) is 4.79 Å². The topological polar surface area (TPSA) is 81.8 Å². The van der Waals surface area contributed by atoms with Gasteiger partial charge in [-0.15, -0.1) is 12.4 Å². The zero-order valence-electron chi connectivity index (χ0n) is 16.7. The molecular weight excluding hydrogens is 380 g/mol. The molecule has 1 aromatic rings. The zero-order chi connectivity index (χ0) is 19.6. The summed E-state index contributed by atoms with van der Waals surface area (Å²) in [6.45, 7) is 5.64. The van der Waals surface area contributed by atoms with E-state index in [1.54, 1.807) is 11.8 Å². The summed E-state index contributed by atoms with van der Waals surface area (Å²) >= 11 is 0. The summed E-state index contributed by atoms with van der Waals surface area (Å²) in [6.07, 6.45) is 2.03. The van der Waals surface area contributed by atoms with E-state index in [2.05, 4.69) is 10.6 Å². The molecule has 4 amide bonds. The maximum atomic E-state index is 13.0. The molecule has 2 N–H and O–H groups in total. The first-order valence-electron chi connectivity index (χ1n) is 9.49. The van der Waals surface area contributed by atoms with E-state index in [1.807, 2.05) is 38.2 Å². The van der Waals surface area contributed by atoms with Gasteiger partial charge in [0.15, 0.2) is 0 Å². The Labute approximate surface area is 172 Å². The number of piperidine rings is 1. The van der Waals surface area contributed by atoms with Crippen molar-refractivity contribution in [2.45, 2.75) is 32.2 Å². The monoisotopic (exact) mass is 408 g/mol. The molecule has 2 atom stereocenters. The molecule has 2 unspecified atom stereocenters. The van der Waals surface area contributed by atoms with Gasteiger partial charge in [-0.2, -0.15) is 0 Å². The van der Waals surface area contributed by atoms with Crippen molar-refractivity contribution in [1.82, 2.24) is 20.4 Å². The average Bonchev–Trinajstić information content (AvgIpc) is 2.87. The first-order chi connectivity index (χ1) is 12.8. The molecule has 0 saturated carbocycles. The fourth-order valence-corrected chi connectivity index (χ4v) is 3.91. The van der Waals surface area contributed by atoms with Crippen molar-refractivity contribution in [3.05, 3.63) is 35.4 Å². The van der Waals surface area contributed by atoms with Crippen LogP contribution in [0.5, 0.6) is 0 Å². The number of nitrogens with one attached hydrogen (secondary N) is 2. The second kappa shape index (κ2) is 8.92. The van der Waals surface area contributed by atoms with Crippen molar-refractivity contribution >= 4 is 30.3 Å². The molecular formula is C20H29ClN4O3. The molecule has 0 bridgehead atoms. The minimum Gasteiger partial charge on any atom is -0.341 e. The van der Waals surface area contributed by atoms with Crippen LogP contribution in [0.2, 0.25) is 0 Å². The predicted octanol–water partition coefficient (Wildman–Crippen LogP) is 1.64. The molecule has 0 aromatic heterocycles. The molecule has 8 heteroatoms. The normalized spacial score (nSPS) is 24.8. The Balaban J connectivity index is 0.00000280. The number of rotatable bonds is 5. The lowest BCUT2D eigenvalue weighted by Gasteiger charge is -2.33. The second-order valence-corrected chi connectivity index (χ2v) is 7.72. The third kappa shape index (κ3) is 4.31. The van der Waals surface area contributed by atoms with E-state index in [0.717, 1.165) is 29.8 Å². The third-order valence-corrected chi connectivity index (χ3v) is 5.56. The van der Waals surface area contributed by atoms with Crippen LogP contribution in [0.3, 0.4) is 0 Å². The Kier molecular flexibility index (Phi) is 7.06. The van der Waals surface area contributed by atoms with Gasteiger partial charge < -0.3 is 15.5 Å². The molecule has 2 fully saturated rings. The number of imide groups is 1. The fraction of sp³-hybridized carbons (Fsp3) is 0.550. The standard InChI is InChI=1S/C20H28N4O3.ClH/c1-14-6-8-16(9-7-14)20(2)18(26)24(19(27)22-20)13-17(25)23-10-4-5-15(12-23)11-21-3;/h6-9,15,21H,4-5,10-13H2,1-3H3,(H,22,27);1H. The minimum atomic E-state index is -1.14. The summed E-state index contributed by atoms with van der Waals surface area (Å²) in [7, 11) is 1.90. The molecule has 2 aliphatic heterocycles. The Morgan fingerprint density at radius 2 is 1.96 bits per heavy atom. The number of hydrogen-bond acceptors (Lipinski definition) is 4. The van der Waals surface area contributed by atoms with Crippen molar-refractivity contribution in [2.75, 3.05) is 33.2 Å². The van der Waals surface area contributed by atoms with Crippen LogP contribution < -0.4 is 10.6 Å². The number of amides is 4. The summed E-state index contributed by atoms with van der Waals surface area (Å²) in [5.41, 5.74) is 0.655. The van der Waals surface area contributed by atoms with Gasteiger partial charge in [0.2, 0.25) is 5.91 Å². The molecule has 28 heavy (non-hydrogen) atoms. The molecule has 1 aromatic carbocycles. The van der Waals surface area contributed by atoms with Gasteiger partial charge in [0.05, 0.1) is 0 Å². The lowest BCUT2D eigenvalue weighted by Crippen LogP contribution is -2.48. The number of urea groups is 1. The van der Waals surface area contributed by atoms with Crippen molar-refractivity contribution in [3.63, 3.8) is 0 Å². The number of nitrogens with zero attached hydrogens (tertiary/aromatic N) is 2. The van der Waals surface area contributed by atoms with Crippen molar-refractivity contribution < 1.29 is 14.4 Å². The molecule has 0 aliphatic carbocycles. The van der Waals surface area contributed by atoms with E-state index in [9.17, 15) is 14.4 Å². The highest BCUT2D eigenvalue weighted by Crippen LogP contribution is 2.29. The molecule has 2 heterocycles. The van der Waals surface area contributed by atoms with Crippen LogP contribution in [0.1, 0.15) is 30.9 Å². The maximum absolute atomic E-state index is 13.0. The number of halogens is 1. The summed E-state index contributed by atoms with van der Waals surface area (Å²) < 4.78 is 0. The van der Waals surface area contributed by atoms with Gasteiger partial charge in [0.25, 0.3) is 5.91 Å². The summed E-state index contributed by atoms with van der Waals surface area (Å²) in [5.74, 6) is -0.144. The van der Waals surface area contributed by atoms with Crippen molar-refractivity contribution in [2.24, 2.45) is 5.92 Å². The molecule has 3 rings (SSSR count). The Morgan fingerprint density at radius 1 is 1.29 bits per heavy atom. The lowest BCUT2D eigenvalue weighted by molar-refractivity contribution is -0.139. The number of aryl methyl sites for hydroxylation is 1. The van der Waals surface area contributed by atoms with E-state index < -0.39 is 11.6 Å². The number of carbonyl (C=O) groups excluding carboxylic acids is 3. The largest absolute Gasteiger partial charge is 0.341 e. The highest BCUT2D eigenvalue weighted by atomic mass is 35.5. The average molecular weight is 409 g/mol. The first-order valence-corrected chi connectivity index (χ1v) is 9.49. The predicted molar refractivity (Wildman–Crippen MR) is 109 cm³/mol. The molecule has 2 saturated heterocycles. The Bertz CT molecular complexity index is 737. The smallest absolute Gasteiger partial charge is 0.325 e. The van der Waals surface area contributed by atoms with Crippen molar-refractivity contribution in [3.8, 4) is 0 Å². The first kappa shape index (κ1) is 22.2. The molecule has 0 spiro atoms. The van der Waals surface area contributed by atoms with Crippen LogP contribution in [-0.4, -0.2) is 60.9 Å². The van der Waals surface area contributed by atoms with Crippen LogP contribution in [0.25, 0.3) is 0 Å². The molecule has 7 nitrogen and oxygen atoms in total. The van der Waals surface area contributed by atoms with E-state index in [-0.39, 0.29) is 30.8 Å². The molecule has 154 valence electrons. The van der Waals surface area contributed by atoms with Gasteiger partial charge in [-0.1, -0.05) is 29.8 Å². The summed E-state index contributed by atoms with van der Waals surface area (Å²) in [6, 6.07) is 6.98. The number of likely N-dealkylation sites (tertiary alicyclic amines) is 1. The van der Waals surface area contributed by atoms with Gasteiger partial charge in [-0.25, -0.2) is 4.79 Å². The quantitative estimate of drug-likeness (QED) is 0.726. The summed E-state index contributed by atoms with van der Waals surface area (Å²) in [4.78, 5) is 40.9. The van der Waals surface area contributed by atoms with Crippen molar-refractivity contribution in [1.29, 1.82) is 0 Å². The van der Waals surface area contributed by atoms with E-state index in [1.165, 1.54) is 0 Å². The zero-order valence-corrected chi connectivity index (χ0v) is 17.5. The Morgan fingerprint density at radius 3 is 2.61 bits per heavy atom. The second-order valence-electron chi connectivity index (χ2n) is 7.72. The highest BCUT2D eigenvalue weighted by molar-refractivity contribution is 6.09. The van der Waals surface area contributed by atoms with Crippen LogP contribution in [0, 0.1) is 12.8 Å². The van der Waals surface area contributed by atoms with Crippen LogP contribution in [-0.2, 0) is 15.1 Å². The van der Waals surface area contributed by atoms with Crippen LogP contribution in [0.15, 0.2) is 24.3 Å². The highest BCUT2D eigenvalue weighted by Gasteiger charge is 2.49. The number of benzene rings is 1. The maximum Gasteiger partial charge on any atom is 0.325 e. The van der Waals surface area contributed by atoms with Crippen LogP contribution >= 0.6 is 12.4 Å². The molecule has 0 radical (unpaired) electrons. The third-order valence-electron chi connectivity index (χ3n) is 5.56. The van der Waals surface area contributed by atoms with Gasteiger partial charge in [-0.05, 0) is 51.8 Å². The number of carbonyl (C=O) groups is 3. The van der Waals surface area contributed by atoms with E-state index in [0.29, 0.717) is 24.6 Å². The summed E-state index contributed by atoms with van der Waals surface area (Å²) in [5, 5.41) is 5.91. The van der Waals surface area contributed by atoms with Gasteiger partial charge >= 0.3 is 6.03 Å². The molecule has 2 aliphatic rings.